The molecule has 7 rings (SSSR count). The van der Waals surface area contributed by atoms with Crippen molar-refractivity contribution in [3.8, 4) is 0 Å². The summed E-state index contributed by atoms with van der Waals surface area (Å²) in [6.07, 6.45) is 15.4. The Morgan fingerprint density at radius 1 is 0.875 bits per heavy atom. The minimum Gasteiger partial charge on any atom is -0.327 e. The van der Waals surface area contributed by atoms with Gasteiger partial charge in [-0.15, -0.1) is 0 Å². The molecule has 1 atom stereocenters. The fraction of sp³-hybridized carbons (Fsp3) is 0.577. The van der Waals surface area contributed by atoms with Crippen molar-refractivity contribution in [2.24, 2.45) is 29.6 Å². The highest BCUT2D eigenvalue weighted by molar-refractivity contribution is 7.77. The second-order valence-electron chi connectivity index (χ2n) is 10.8. The highest BCUT2D eigenvalue weighted by Crippen LogP contribution is 2.59. The van der Waals surface area contributed by atoms with E-state index in [-0.39, 0.29) is 12.1 Å². The lowest BCUT2D eigenvalue weighted by atomic mass is 9.51. The molecule has 1 aliphatic heterocycles. The molecule has 0 spiro atoms. The van der Waals surface area contributed by atoms with Crippen molar-refractivity contribution in [2.75, 3.05) is 7.05 Å². The molecule has 2 aromatic rings. The summed E-state index contributed by atoms with van der Waals surface area (Å²) in [4.78, 5) is 24.5. The van der Waals surface area contributed by atoms with Gasteiger partial charge in [-0.3, -0.25) is 14.8 Å². The molecule has 1 saturated heterocycles. The zero-order valence-electron chi connectivity index (χ0n) is 18.7. The zero-order chi connectivity index (χ0) is 21.9. The predicted octanol–water partition coefficient (Wildman–Crippen LogP) is 4.02. The van der Waals surface area contributed by atoms with Crippen LogP contribution in [0, 0.1) is 29.6 Å². The van der Waals surface area contributed by atoms with E-state index in [0.717, 1.165) is 34.8 Å². The second-order valence-corrected chi connectivity index (χ2v) is 11.2. The van der Waals surface area contributed by atoms with Crippen molar-refractivity contribution in [2.45, 2.75) is 56.7 Å². The van der Waals surface area contributed by atoms with Gasteiger partial charge in [0.05, 0.1) is 6.17 Å². The molecule has 6 heteroatoms. The van der Waals surface area contributed by atoms with Crippen LogP contribution in [0.15, 0.2) is 49.1 Å². The van der Waals surface area contributed by atoms with Gasteiger partial charge in [-0.2, -0.15) is 0 Å². The average molecular weight is 449 g/mol. The maximum absolute atomic E-state index is 14.1. The Balaban J connectivity index is 1.38. The Labute approximate surface area is 196 Å². The van der Waals surface area contributed by atoms with Crippen molar-refractivity contribution in [3.05, 3.63) is 60.2 Å². The van der Waals surface area contributed by atoms with E-state index in [4.69, 9.17) is 12.8 Å². The van der Waals surface area contributed by atoms with E-state index in [1.807, 2.05) is 61.0 Å². The molecule has 0 radical (unpaired) electrons. The Hall–Kier alpha value is -1.92. The van der Waals surface area contributed by atoms with E-state index >= 15 is 0 Å². The minimum absolute atomic E-state index is 0.0597. The van der Waals surface area contributed by atoms with Gasteiger partial charge in [-0.1, -0.05) is 12.8 Å². The van der Waals surface area contributed by atoms with E-state index in [1.165, 1.54) is 32.1 Å². The first-order valence-corrected chi connectivity index (χ1v) is 12.5. The molecule has 2 aromatic heterocycles. The van der Waals surface area contributed by atoms with E-state index in [1.54, 1.807) is 0 Å². The molecule has 4 saturated carbocycles. The minimum atomic E-state index is -0.708. The Kier molecular flexibility index (Phi) is 5.06. The second kappa shape index (κ2) is 7.84. The van der Waals surface area contributed by atoms with Crippen LogP contribution in [0.5, 0.6) is 0 Å². The molecule has 0 N–H and O–H groups in total. The number of amides is 1. The van der Waals surface area contributed by atoms with Crippen LogP contribution in [0.4, 0.5) is 0 Å². The number of pyridine rings is 2. The highest BCUT2D eigenvalue weighted by atomic mass is 32.1. The normalized spacial score (nSPS) is 35.6. The summed E-state index contributed by atoms with van der Waals surface area (Å²) in [5.41, 5.74) is 1.54. The van der Waals surface area contributed by atoms with Gasteiger partial charge in [-0.05, 0) is 97.1 Å². The molecule has 3 heterocycles. The topological polar surface area (TPSA) is 49.3 Å². The van der Waals surface area contributed by atoms with Gasteiger partial charge in [0.25, 0.3) is 0 Å². The van der Waals surface area contributed by atoms with Crippen molar-refractivity contribution >= 4 is 18.7 Å². The first kappa shape index (κ1) is 20.7. The summed E-state index contributed by atoms with van der Waals surface area (Å²) in [6.45, 7) is 0. The molecule has 1 unspecified atom stereocenters. The maximum Gasteiger partial charge on any atom is 0.245 e. The zero-order valence-corrected chi connectivity index (χ0v) is 19.6. The van der Waals surface area contributed by atoms with Gasteiger partial charge in [0.1, 0.15) is 5.54 Å². The molecule has 32 heavy (non-hydrogen) atoms. The maximum atomic E-state index is 14.1. The van der Waals surface area contributed by atoms with Gasteiger partial charge in [0.15, 0.2) is 0 Å². The van der Waals surface area contributed by atoms with Gasteiger partial charge in [-0.25, -0.2) is 4.31 Å². The van der Waals surface area contributed by atoms with Crippen molar-refractivity contribution in [3.63, 3.8) is 0 Å². The van der Waals surface area contributed by atoms with Crippen LogP contribution in [0.3, 0.4) is 0 Å². The number of nitrogens with zero attached hydrogens (tertiary/aromatic N) is 4. The summed E-state index contributed by atoms with van der Waals surface area (Å²) in [6, 6.07) is 8.11. The van der Waals surface area contributed by atoms with Crippen molar-refractivity contribution in [1.29, 1.82) is 0 Å². The lowest BCUT2D eigenvalue weighted by molar-refractivity contribution is -0.134. The largest absolute Gasteiger partial charge is 0.327 e. The van der Waals surface area contributed by atoms with Crippen LogP contribution in [0.1, 0.15) is 43.2 Å². The number of hydrogen-bond acceptors (Lipinski definition) is 5. The quantitative estimate of drug-likeness (QED) is 0.702. The molecule has 4 bridgehead atoms. The Morgan fingerprint density at radius 3 is 1.81 bits per heavy atom. The molecule has 5 aliphatic rings. The van der Waals surface area contributed by atoms with Crippen LogP contribution in [0.25, 0.3) is 0 Å². The molecule has 4 aliphatic carbocycles. The molecule has 1 amide bonds. The van der Waals surface area contributed by atoms with Crippen LogP contribution in [-0.4, -0.2) is 43.8 Å². The fourth-order valence-electron chi connectivity index (χ4n) is 7.89. The van der Waals surface area contributed by atoms with Gasteiger partial charge in [0, 0.05) is 44.7 Å². The van der Waals surface area contributed by atoms with Crippen LogP contribution in [-0.2, 0) is 17.6 Å². The van der Waals surface area contributed by atoms with Gasteiger partial charge < -0.3 is 4.90 Å². The number of likely N-dealkylation sites (N-methyl/N-ethyl adjacent to an activating group) is 1. The predicted molar refractivity (Wildman–Crippen MR) is 127 cm³/mol. The summed E-state index contributed by atoms with van der Waals surface area (Å²) in [7, 11) is 2.02. The average Bonchev–Trinajstić information content (AvgIpc) is 2.96. The molecule has 168 valence electrons. The standard InChI is InChI=1S/C26H32N4OS/c1-29-24(23-21-11-19-10-20(13-21)14-22(23)12-19)30(32)26(25(29)31,15-17-2-6-27-7-3-17)16-18-4-8-28-9-5-18/h2-9,19-24,32H,10-16H2,1H3. The number of thiol groups is 1. The smallest absolute Gasteiger partial charge is 0.245 e. The third-order valence-corrected chi connectivity index (χ3v) is 9.56. The highest BCUT2D eigenvalue weighted by Gasteiger charge is 2.61. The lowest BCUT2D eigenvalue weighted by Crippen LogP contribution is -2.56. The van der Waals surface area contributed by atoms with Crippen LogP contribution in [0.2, 0.25) is 0 Å². The Morgan fingerprint density at radius 2 is 1.34 bits per heavy atom. The summed E-state index contributed by atoms with van der Waals surface area (Å²) in [5, 5.41) is 0. The molecule has 5 fully saturated rings. The van der Waals surface area contributed by atoms with Crippen molar-refractivity contribution in [1.82, 2.24) is 19.2 Å². The van der Waals surface area contributed by atoms with Crippen molar-refractivity contribution < 1.29 is 4.79 Å². The van der Waals surface area contributed by atoms with Crippen LogP contribution >= 0.6 is 12.8 Å². The third-order valence-electron chi connectivity index (χ3n) is 8.94. The number of rotatable bonds is 5. The molecular weight excluding hydrogens is 416 g/mol. The first-order valence-electron chi connectivity index (χ1n) is 12.1. The summed E-state index contributed by atoms with van der Waals surface area (Å²) >= 11 is 5.17. The Bertz CT molecular complexity index is 914. The number of carbonyl (C=O) groups excluding carboxylic acids is 1. The number of carbonyl (C=O) groups is 1. The monoisotopic (exact) mass is 448 g/mol. The summed E-state index contributed by atoms with van der Waals surface area (Å²) < 4.78 is 2.17. The third kappa shape index (κ3) is 3.21. The summed E-state index contributed by atoms with van der Waals surface area (Å²) in [5.74, 6) is 4.04. The number of hydrogen-bond donors (Lipinski definition) is 1. The van der Waals surface area contributed by atoms with Crippen LogP contribution < -0.4 is 0 Å². The van der Waals surface area contributed by atoms with Gasteiger partial charge >= 0.3 is 0 Å². The fourth-order valence-corrected chi connectivity index (χ4v) is 8.43. The first-order chi connectivity index (χ1) is 15.5. The molecular formula is C26H32N4OS. The molecule has 0 aromatic carbocycles. The SMILES string of the molecule is CN1C(=O)C(Cc2ccncc2)(Cc2ccncc2)N(S)C1C1C2CC3CC(C2)CC1C3. The number of aromatic nitrogens is 2. The molecule has 5 nitrogen and oxygen atoms in total. The lowest BCUT2D eigenvalue weighted by Gasteiger charge is -2.57. The van der Waals surface area contributed by atoms with E-state index in [2.05, 4.69) is 14.3 Å². The van der Waals surface area contributed by atoms with E-state index in [0.29, 0.717) is 18.8 Å². The van der Waals surface area contributed by atoms with E-state index < -0.39 is 5.54 Å². The van der Waals surface area contributed by atoms with E-state index in [9.17, 15) is 4.79 Å². The van der Waals surface area contributed by atoms with Gasteiger partial charge in [0.2, 0.25) is 5.91 Å².